The zero-order valence-electron chi connectivity index (χ0n) is 11.1. The number of aromatic nitrogens is 2. The summed E-state index contributed by atoms with van der Waals surface area (Å²) in [4.78, 5) is 11.2. The Bertz CT molecular complexity index is 397. The van der Waals surface area contributed by atoms with E-state index in [1.807, 2.05) is 7.05 Å². The lowest BCUT2D eigenvalue weighted by molar-refractivity contribution is 0.551. The van der Waals surface area contributed by atoms with Gasteiger partial charge in [-0.1, -0.05) is 19.8 Å². The first-order chi connectivity index (χ1) is 8.77. The maximum Gasteiger partial charge on any atom is 0.148 e. The molecule has 0 aromatic carbocycles. The topological polar surface area (TPSA) is 41.1 Å². The Balaban J connectivity index is 2.32. The Kier molecular flexibility index (Phi) is 4.80. The van der Waals surface area contributed by atoms with Gasteiger partial charge in [0.1, 0.15) is 22.4 Å². The van der Waals surface area contributed by atoms with Crippen molar-refractivity contribution in [2.45, 2.75) is 45.1 Å². The van der Waals surface area contributed by atoms with E-state index in [4.69, 9.17) is 0 Å². The zero-order valence-corrected chi connectivity index (χ0v) is 12.7. The molecule has 0 aliphatic carbocycles. The lowest BCUT2D eigenvalue weighted by atomic mass is 10.1. The Morgan fingerprint density at radius 3 is 2.94 bits per heavy atom. The molecule has 1 fully saturated rings. The van der Waals surface area contributed by atoms with E-state index in [1.165, 1.54) is 32.1 Å². The van der Waals surface area contributed by atoms with Crippen molar-refractivity contribution in [2.24, 2.45) is 0 Å². The maximum atomic E-state index is 4.48. The van der Waals surface area contributed by atoms with Crippen LogP contribution in [-0.2, 0) is 0 Å². The fourth-order valence-electron chi connectivity index (χ4n) is 2.62. The first-order valence-corrected chi connectivity index (χ1v) is 7.52. The van der Waals surface area contributed by atoms with Crippen LogP contribution in [-0.4, -0.2) is 29.6 Å². The lowest BCUT2D eigenvalue weighted by Crippen LogP contribution is -2.35. The maximum absolute atomic E-state index is 4.48. The van der Waals surface area contributed by atoms with Crippen LogP contribution in [0, 0.1) is 0 Å². The molecule has 5 heteroatoms. The Labute approximate surface area is 117 Å². The summed E-state index contributed by atoms with van der Waals surface area (Å²) in [5.41, 5.74) is 0. The highest BCUT2D eigenvalue weighted by atomic mass is 79.9. The molecule has 1 aromatic rings. The van der Waals surface area contributed by atoms with Gasteiger partial charge in [-0.2, -0.15) is 0 Å². The molecule has 0 amide bonds. The number of anilines is 2. The molecule has 4 nitrogen and oxygen atoms in total. The summed E-state index contributed by atoms with van der Waals surface area (Å²) in [6.45, 7) is 3.36. The van der Waals surface area contributed by atoms with Crippen LogP contribution in [0.4, 0.5) is 11.6 Å². The van der Waals surface area contributed by atoms with Gasteiger partial charge >= 0.3 is 0 Å². The second kappa shape index (κ2) is 6.36. The highest BCUT2D eigenvalue weighted by Crippen LogP contribution is 2.33. The van der Waals surface area contributed by atoms with Crippen molar-refractivity contribution in [1.29, 1.82) is 0 Å². The minimum atomic E-state index is 0.600. The van der Waals surface area contributed by atoms with E-state index < -0.39 is 0 Å². The third-order valence-electron chi connectivity index (χ3n) is 3.63. The molecule has 0 saturated carbocycles. The predicted octanol–water partition coefficient (Wildman–Crippen LogP) is 3.44. The van der Waals surface area contributed by atoms with E-state index in [2.05, 4.69) is 43.0 Å². The second-order valence-corrected chi connectivity index (χ2v) is 5.51. The number of hydrogen-bond acceptors (Lipinski definition) is 4. The van der Waals surface area contributed by atoms with Crippen LogP contribution in [0.5, 0.6) is 0 Å². The van der Waals surface area contributed by atoms with E-state index in [0.717, 1.165) is 22.7 Å². The molecular weight excluding hydrogens is 292 g/mol. The van der Waals surface area contributed by atoms with E-state index in [0.29, 0.717) is 6.04 Å². The minimum Gasteiger partial charge on any atom is -0.372 e. The van der Waals surface area contributed by atoms with Crippen molar-refractivity contribution >= 4 is 27.6 Å². The lowest BCUT2D eigenvalue weighted by Gasteiger charge is -2.31. The normalized spacial score (nSPS) is 20.6. The average molecular weight is 313 g/mol. The van der Waals surface area contributed by atoms with E-state index in [1.54, 1.807) is 6.33 Å². The fraction of sp³-hybridized carbons (Fsp3) is 0.692. The molecule has 1 aliphatic rings. The summed E-state index contributed by atoms with van der Waals surface area (Å²) in [7, 11) is 1.89. The van der Waals surface area contributed by atoms with Crippen LogP contribution < -0.4 is 10.2 Å². The summed E-state index contributed by atoms with van der Waals surface area (Å²) >= 11 is 3.63. The molecule has 0 bridgehead atoms. The number of rotatable bonds is 3. The van der Waals surface area contributed by atoms with Crippen molar-refractivity contribution in [1.82, 2.24) is 9.97 Å². The standard InChI is InChI=1S/C13H21BrN4/c1-3-10-7-5-4-6-8-18(10)13-11(14)12(15-2)16-9-17-13/h9-10H,3-8H2,1-2H3,(H,15,16,17). The first kappa shape index (κ1) is 13.6. The molecule has 1 aliphatic heterocycles. The largest absolute Gasteiger partial charge is 0.372 e. The Morgan fingerprint density at radius 2 is 2.22 bits per heavy atom. The summed E-state index contributed by atoms with van der Waals surface area (Å²) in [5, 5.41) is 3.10. The minimum absolute atomic E-state index is 0.600. The molecule has 1 unspecified atom stereocenters. The zero-order chi connectivity index (χ0) is 13.0. The van der Waals surface area contributed by atoms with Crippen LogP contribution in [0.3, 0.4) is 0 Å². The van der Waals surface area contributed by atoms with Crippen molar-refractivity contribution in [3.05, 3.63) is 10.8 Å². The molecule has 1 aromatic heterocycles. The highest BCUT2D eigenvalue weighted by molar-refractivity contribution is 9.10. The van der Waals surface area contributed by atoms with Gasteiger partial charge in [0, 0.05) is 19.6 Å². The predicted molar refractivity (Wildman–Crippen MR) is 79.2 cm³/mol. The van der Waals surface area contributed by atoms with Crippen molar-refractivity contribution in [3.8, 4) is 0 Å². The van der Waals surface area contributed by atoms with E-state index in [9.17, 15) is 0 Å². The SMILES string of the molecule is CCC1CCCCCN1c1ncnc(NC)c1Br. The number of nitrogens with zero attached hydrogens (tertiary/aromatic N) is 3. The molecule has 2 heterocycles. The van der Waals surface area contributed by atoms with Gasteiger partial charge in [-0.05, 0) is 35.2 Å². The Morgan fingerprint density at radius 1 is 1.39 bits per heavy atom. The van der Waals surface area contributed by atoms with E-state index >= 15 is 0 Å². The van der Waals surface area contributed by atoms with Crippen molar-refractivity contribution < 1.29 is 0 Å². The third-order valence-corrected chi connectivity index (χ3v) is 4.36. The van der Waals surface area contributed by atoms with Crippen molar-refractivity contribution in [2.75, 3.05) is 23.8 Å². The fourth-order valence-corrected chi connectivity index (χ4v) is 3.25. The molecule has 0 spiro atoms. The monoisotopic (exact) mass is 312 g/mol. The molecule has 1 atom stereocenters. The quantitative estimate of drug-likeness (QED) is 0.928. The summed E-state index contributed by atoms with van der Waals surface area (Å²) in [6.07, 6.45) is 7.99. The van der Waals surface area contributed by atoms with Crippen LogP contribution >= 0.6 is 15.9 Å². The van der Waals surface area contributed by atoms with Gasteiger partial charge in [-0.3, -0.25) is 0 Å². The number of hydrogen-bond donors (Lipinski definition) is 1. The molecule has 2 rings (SSSR count). The van der Waals surface area contributed by atoms with Gasteiger partial charge < -0.3 is 10.2 Å². The molecule has 1 N–H and O–H groups in total. The van der Waals surface area contributed by atoms with Crippen LogP contribution in [0.25, 0.3) is 0 Å². The molecule has 1 saturated heterocycles. The molecule has 0 radical (unpaired) electrons. The van der Waals surface area contributed by atoms with Gasteiger partial charge in [0.25, 0.3) is 0 Å². The summed E-state index contributed by atoms with van der Waals surface area (Å²) in [5.74, 6) is 1.89. The van der Waals surface area contributed by atoms with Gasteiger partial charge in [-0.15, -0.1) is 0 Å². The summed E-state index contributed by atoms with van der Waals surface area (Å²) < 4.78 is 0.979. The number of halogens is 1. The number of nitrogens with one attached hydrogen (secondary N) is 1. The Hall–Kier alpha value is -0.840. The average Bonchev–Trinajstić information content (AvgIpc) is 2.64. The van der Waals surface area contributed by atoms with Gasteiger partial charge in [-0.25, -0.2) is 9.97 Å². The van der Waals surface area contributed by atoms with Gasteiger partial charge in [0.2, 0.25) is 0 Å². The summed E-state index contributed by atoms with van der Waals surface area (Å²) in [6, 6.07) is 0.600. The molecule has 18 heavy (non-hydrogen) atoms. The van der Waals surface area contributed by atoms with Crippen LogP contribution in [0.15, 0.2) is 10.8 Å². The highest BCUT2D eigenvalue weighted by Gasteiger charge is 2.23. The van der Waals surface area contributed by atoms with Gasteiger partial charge in [0.15, 0.2) is 0 Å². The third kappa shape index (κ3) is 2.76. The first-order valence-electron chi connectivity index (χ1n) is 6.72. The van der Waals surface area contributed by atoms with Crippen LogP contribution in [0.2, 0.25) is 0 Å². The molecular formula is C13H21BrN4. The smallest absolute Gasteiger partial charge is 0.148 e. The van der Waals surface area contributed by atoms with Crippen LogP contribution in [0.1, 0.15) is 39.0 Å². The second-order valence-electron chi connectivity index (χ2n) is 4.71. The van der Waals surface area contributed by atoms with Crippen molar-refractivity contribution in [3.63, 3.8) is 0 Å². The molecule has 100 valence electrons. The van der Waals surface area contributed by atoms with E-state index in [-0.39, 0.29) is 0 Å². The van der Waals surface area contributed by atoms with Gasteiger partial charge in [0.05, 0.1) is 0 Å².